The predicted octanol–water partition coefficient (Wildman–Crippen LogP) is 0.234. The topological polar surface area (TPSA) is 81.3 Å². The molecule has 0 bridgehead atoms. The monoisotopic (exact) mass is 315 g/mol. The summed E-state index contributed by atoms with van der Waals surface area (Å²) in [6, 6.07) is -0.0338. The Morgan fingerprint density at radius 2 is 2.24 bits per heavy atom. The molecule has 0 radical (unpaired) electrons. The standard InChI is InChI=1S/C13H25N5O2S/c1-4-5-14-8-12-9-15-16-13(12)21(19,20)18-7-6-17(3)10-11(18)2/h9,11,14H,4-8,10H2,1-3H3,(H,15,16). The molecular weight excluding hydrogens is 290 g/mol. The number of aromatic nitrogens is 2. The SMILES string of the molecule is CCCNCc1cn[nH]c1S(=O)(=O)N1CCN(C)CC1C. The summed E-state index contributed by atoms with van der Waals surface area (Å²) < 4.78 is 27.2. The van der Waals surface area contributed by atoms with Gasteiger partial charge in [0.1, 0.15) is 0 Å². The van der Waals surface area contributed by atoms with Crippen LogP contribution < -0.4 is 5.32 Å². The lowest BCUT2D eigenvalue weighted by atomic mass is 10.2. The lowest BCUT2D eigenvalue weighted by Crippen LogP contribution is -2.52. The molecule has 1 saturated heterocycles. The fraction of sp³-hybridized carbons (Fsp3) is 0.769. The second-order valence-corrected chi connectivity index (χ2v) is 7.46. The molecule has 21 heavy (non-hydrogen) atoms. The van der Waals surface area contributed by atoms with Gasteiger partial charge in [0.2, 0.25) is 0 Å². The zero-order valence-electron chi connectivity index (χ0n) is 13.0. The summed E-state index contributed by atoms with van der Waals surface area (Å²) >= 11 is 0. The van der Waals surface area contributed by atoms with Gasteiger partial charge in [-0.25, -0.2) is 8.42 Å². The van der Waals surface area contributed by atoms with E-state index in [-0.39, 0.29) is 11.1 Å². The van der Waals surface area contributed by atoms with Crippen LogP contribution in [0.15, 0.2) is 11.2 Å². The number of hydrogen-bond donors (Lipinski definition) is 2. The number of nitrogens with zero attached hydrogens (tertiary/aromatic N) is 3. The fourth-order valence-corrected chi connectivity index (χ4v) is 4.37. The minimum absolute atomic E-state index is 0.0338. The van der Waals surface area contributed by atoms with Gasteiger partial charge in [-0.15, -0.1) is 0 Å². The first-order valence-electron chi connectivity index (χ1n) is 7.40. The summed E-state index contributed by atoms with van der Waals surface area (Å²) in [5, 5.41) is 10.0. The van der Waals surface area contributed by atoms with Gasteiger partial charge in [-0.05, 0) is 26.9 Å². The van der Waals surface area contributed by atoms with E-state index in [1.165, 1.54) is 0 Å². The molecule has 0 amide bonds. The van der Waals surface area contributed by atoms with Crippen molar-refractivity contribution in [2.45, 2.75) is 37.9 Å². The Morgan fingerprint density at radius 3 is 2.90 bits per heavy atom. The predicted molar refractivity (Wildman–Crippen MR) is 81.4 cm³/mol. The van der Waals surface area contributed by atoms with Gasteiger partial charge >= 0.3 is 0 Å². The van der Waals surface area contributed by atoms with Crippen LogP contribution in [-0.4, -0.2) is 67.1 Å². The zero-order valence-corrected chi connectivity index (χ0v) is 13.8. The third kappa shape index (κ3) is 3.63. The molecule has 8 heteroatoms. The van der Waals surface area contributed by atoms with Gasteiger partial charge in [0.05, 0.1) is 6.20 Å². The lowest BCUT2D eigenvalue weighted by Gasteiger charge is -2.36. The molecule has 0 aliphatic carbocycles. The van der Waals surface area contributed by atoms with E-state index in [1.807, 2.05) is 14.0 Å². The summed E-state index contributed by atoms with van der Waals surface area (Å²) in [5.74, 6) is 0. The highest BCUT2D eigenvalue weighted by Crippen LogP contribution is 2.22. The van der Waals surface area contributed by atoms with Crippen LogP contribution in [0.5, 0.6) is 0 Å². The maximum atomic E-state index is 12.8. The van der Waals surface area contributed by atoms with Crippen LogP contribution >= 0.6 is 0 Å². The molecule has 0 aromatic carbocycles. The second kappa shape index (κ2) is 6.87. The van der Waals surface area contributed by atoms with Crippen LogP contribution in [0.2, 0.25) is 0 Å². The molecule has 1 aliphatic rings. The molecule has 1 aliphatic heterocycles. The first kappa shape index (κ1) is 16.4. The summed E-state index contributed by atoms with van der Waals surface area (Å²) in [6.45, 7) is 7.40. The zero-order chi connectivity index (χ0) is 15.5. The van der Waals surface area contributed by atoms with Gasteiger partial charge in [0.15, 0.2) is 5.03 Å². The fourth-order valence-electron chi connectivity index (χ4n) is 2.65. The second-order valence-electron chi connectivity index (χ2n) is 5.63. The molecule has 2 N–H and O–H groups in total. The molecule has 0 spiro atoms. The van der Waals surface area contributed by atoms with Gasteiger partial charge in [0.25, 0.3) is 10.0 Å². The largest absolute Gasteiger partial charge is 0.313 e. The van der Waals surface area contributed by atoms with Crippen LogP contribution in [0, 0.1) is 0 Å². The van der Waals surface area contributed by atoms with Gasteiger partial charge < -0.3 is 10.2 Å². The Bertz CT molecular complexity index is 557. The third-order valence-electron chi connectivity index (χ3n) is 3.76. The molecule has 120 valence electrons. The van der Waals surface area contributed by atoms with Crippen molar-refractivity contribution in [2.24, 2.45) is 0 Å². The van der Waals surface area contributed by atoms with Gasteiger partial charge in [-0.2, -0.15) is 9.40 Å². The number of piperazine rings is 1. The van der Waals surface area contributed by atoms with Crippen molar-refractivity contribution in [1.82, 2.24) is 24.7 Å². The summed E-state index contributed by atoms with van der Waals surface area (Å²) in [5.41, 5.74) is 0.703. The molecule has 1 fully saturated rings. The van der Waals surface area contributed by atoms with E-state index in [2.05, 4.69) is 27.3 Å². The molecule has 1 unspecified atom stereocenters. The maximum Gasteiger partial charge on any atom is 0.260 e. The molecule has 1 aromatic rings. The van der Waals surface area contributed by atoms with E-state index < -0.39 is 10.0 Å². The number of H-pyrrole nitrogens is 1. The van der Waals surface area contributed by atoms with E-state index in [4.69, 9.17) is 0 Å². The normalized spacial score (nSPS) is 21.8. The molecule has 2 heterocycles. The molecule has 0 saturated carbocycles. The Labute approximate surface area is 126 Å². The van der Waals surface area contributed by atoms with Crippen molar-refractivity contribution in [1.29, 1.82) is 0 Å². The van der Waals surface area contributed by atoms with Crippen molar-refractivity contribution in [2.75, 3.05) is 33.2 Å². The first-order valence-corrected chi connectivity index (χ1v) is 8.84. The van der Waals surface area contributed by atoms with E-state index >= 15 is 0 Å². The van der Waals surface area contributed by atoms with E-state index in [1.54, 1.807) is 10.5 Å². The average Bonchev–Trinajstić information content (AvgIpc) is 2.87. The van der Waals surface area contributed by atoms with Crippen LogP contribution in [0.1, 0.15) is 25.8 Å². The Morgan fingerprint density at radius 1 is 1.48 bits per heavy atom. The Balaban J connectivity index is 2.18. The number of rotatable bonds is 6. The Kier molecular flexibility index (Phi) is 5.37. The number of aromatic amines is 1. The van der Waals surface area contributed by atoms with Crippen LogP contribution in [-0.2, 0) is 16.6 Å². The van der Waals surface area contributed by atoms with Crippen molar-refractivity contribution in [3.05, 3.63) is 11.8 Å². The highest BCUT2D eigenvalue weighted by atomic mass is 32.2. The number of likely N-dealkylation sites (N-methyl/N-ethyl adjacent to an activating group) is 1. The highest BCUT2D eigenvalue weighted by molar-refractivity contribution is 7.89. The average molecular weight is 315 g/mol. The third-order valence-corrected chi connectivity index (χ3v) is 5.79. The van der Waals surface area contributed by atoms with Gasteiger partial charge in [-0.1, -0.05) is 6.92 Å². The molecule has 1 atom stereocenters. The minimum Gasteiger partial charge on any atom is -0.313 e. The van der Waals surface area contributed by atoms with E-state index in [0.29, 0.717) is 18.7 Å². The van der Waals surface area contributed by atoms with Gasteiger partial charge in [0, 0.05) is 37.8 Å². The van der Waals surface area contributed by atoms with Crippen molar-refractivity contribution >= 4 is 10.0 Å². The van der Waals surface area contributed by atoms with Crippen LogP contribution in [0.3, 0.4) is 0 Å². The Hall–Kier alpha value is -0.960. The van der Waals surface area contributed by atoms with Crippen molar-refractivity contribution in [3.8, 4) is 0 Å². The number of nitrogens with one attached hydrogen (secondary N) is 2. The summed E-state index contributed by atoms with van der Waals surface area (Å²) in [6.07, 6.45) is 2.60. The molecule has 1 aromatic heterocycles. The van der Waals surface area contributed by atoms with Crippen molar-refractivity contribution in [3.63, 3.8) is 0 Å². The van der Waals surface area contributed by atoms with Gasteiger partial charge in [-0.3, -0.25) is 5.10 Å². The molecular formula is C13H25N5O2S. The summed E-state index contributed by atoms with van der Waals surface area (Å²) in [7, 11) is -1.50. The van der Waals surface area contributed by atoms with Crippen molar-refractivity contribution < 1.29 is 8.42 Å². The molecule has 7 nitrogen and oxygen atoms in total. The lowest BCUT2D eigenvalue weighted by molar-refractivity contribution is 0.170. The highest BCUT2D eigenvalue weighted by Gasteiger charge is 2.34. The number of hydrogen-bond acceptors (Lipinski definition) is 5. The minimum atomic E-state index is -3.51. The van der Waals surface area contributed by atoms with E-state index in [9.17, 15) is 8.42 Å². The molecule has 2 rings (SSSR count). The van der Waals surface area contributed by atoms with Crippen LogP contribution in [0.4, 0.5) is 0 Å². The first-order chi connectivity index (χ1) is 9.96. The van der Waals surface area contributed by atoms with Crippen LogP contribution in [0.25, 0.3) is 0 Å². The number of sulfonamides is 1. The maximum absolute atomic E-state index is 12.8. The summed E-state index contributed by atoms with van der Waals surface area (Å²) in [4.78, 5) is 2.15. The van der Waals surface area contributed by atoms with E-state index in [0.717, 1.165) is 26.1 Å². The quantitative estimate of drug-likeness (QED) is 0.735. The smallest absolute Gasteiger partial charge is 0.260 e.